The number of nitrogens with zero attached hydrogens (tertiary/aromatic N) is 2. The van der Waals surface area contributed by atoms with Crippen molar-refractivity contribution in [3.63, 3.8) is 0 Å². The van der Waals surface area contributed by atoms with Crippen molar-refractivity contribution in [2.45, 2.75) is 32.4 Å². The topological polar surface area (TPSA) is 59.1 Å². The molecule has 17 heavy (non-hydrogen) atoms. The zero-order valence-corrected chi connectivity index (χ0v) is 11.6. The van der Waals surface area contributed by atoms with Gasteiger partial charge in [0.2, 0.25) is 0 Å². The maximum Gasteiger partial charge on any atom is 0.146 e. The minimum atomic E-state index is 0.222. The Hall–Kier alpha value is -0.880. The van der Waals surface area contributed by atoms with Gasteiger partial charge in [-0.05, 0) is 36.2 Å². The molecule has 0 radical (unpaired) electrons. The lowest BCUT2D eigenvalue weighted by molar-refractivity contribution is 0.121. The van der Waals surface area contributed by atoms with Gasteiger partial charge in [0.05, 0.1) is 12.1 Å². The molecular formula is C11H17BrN4O. The first kappa shape index (κ1) is 12.6. The molecule has 0 saturated carbocycles. The highest BCUT2D eigenvalue weighted by Crippen LogP contribution is 2.28. The highest BCUT2D eigenvalue weighted by molar-refractivity contribution is 9.10. The van der Waals surface area contributed by atoms with Crippen LogP contribution in [0.2, 0.25) is 0 Å². The van der Waals surface area contributed by atoms with E-state index >= 15 is 0 Å². The lowest BCUT2D eigenvalue weighted by Crippen LogP contribution is -2.27. The standard InChI is InChI=1S/C11H17BrN4O/c1-3-13-10-9(12)11(15-6-14-10)16-8-4-5-17-7(8)2/h6-8H,3-5H2,1-2H3,(H2,13,14,15,16). The van der Waals surface area contributed by atoms with Gasteiger partial charge in [-0.3, -0.25) is 0 Å². The van der Waals surface area contributed by atoms with Crippen LogP contribution < -0.4 is 10.6 Å². The van der Waals surface area contributed by atoms with E-state index in [1.807, 2.05) is 6.92 Å². The number of nitrogens with one attached hydrogen (secondary N) is 2. The van der Waals surface area contributed by atoms with Gasteiger partial charge in [-0.25, -0.2) is 9.97 Å². The third-order valence-electron chi connectivity index (χ3n) is 2.83. The Kier molecular flexibility index (Phi) is 4.17. The number of hydrogen-bond donors (Lipinski definition) is 2. The van der Waals surface area contributed by atoms with Gasteiger partial charge in [0.1, 0.15) is 22.4 Å². The van der Waals surface area contributed by atoms with Gasteiger partial charge in [-0.15, -0.1) is 0 Å². The largest absolute Gasteiger partial charge is 0.376 e. The Morgan fingerprint density at radius 3 is 2.88 bits per heavy atom. The summed E-state index contributed by atoms with van der Waals surface area (Å²) in [4.78, 5) is 8.44. The fourth-order valence-electron chi connectivity index (χ4n) is 1.86. The van der Waals surface area contributed by atoms with Gasteiger partial charge in [-0.2, -0.15) is 0 Å². The number of halogens is 1. The van der Waals surface area contributed by atoms with Crippen molar-refractivity contribution in [1.29, 1.82) is 0 Å². The molecule has 1 aromatic rings. The van der Waals surface area contributed by atoms with E-state index in [0.717, 1.165) is 35.7 Å². The predicted octanol–water partition coefficient (Wildman–Crippen LogP) is 2.26. The van der Waals surface area contributed by atoms with Crippen LogP contribution in [0, 0.1) is 0 Å². The zero-order valence-electron chi connectivity index (χ0n) is 10.0. The summed E-state index contributed by atoms with van der Waals surface area (Å²) in [7, 11) is 0. The molecule has 94 valence electrons. The first-order chi connectivity index (χ1) is 8.22. The average Bonchev–Trinajstić information content (AvgIpc) is 2.70. The van der Waals surface area contributed by atoms with E-state index < -0.39 is 0 Å². The maximum absolute atomic E-state index is 5.52. The second-order valence-corrected chi connectivity index (χ2v) is 4.82. The SMILES string of the molecule is CCNc1ncnc(NC2CCOC2C)c1Br. The second kappa shape index (κ2) is 5.64. The molecule has 1 aliphatic heterocycles. The molecule has 2 atom stereocenters. The Morgan fingerprint density at radius 1 is 1.47 bits per heavy atom. The van der Waals surface area contributed by atoms with Gasteiger partial charge in [0, 0.05) is 13.2 Å². The number of hydrogen-bond acceptors (Lipinski definition) is 5. The lowest BCUT2D eigenvalue weighted by atomic mass is 10.1. The van der Waals surface area contributed by atoms with Gasteiger partial charge in [0.25, 0.3) is 0 Å². The molecule has 1 aliphatic rings. The Bertz CT molecular complexity index is 388. The molecule has 6 heteroatoms. The number of aromatic nitrogens is 2. The highest BCUT2D eigenvalue weighted by atomic mass is 79.9. The van der Waals surface area contributed by atoms with Crippen molar-refractivity contribution in [3.05, 3.63) is 10.8 Å². The molecule has 1 aromatic heterocycles. The fraction of sp³-hybridized carbons (Fsp3) is 0.636. The van der Waals surface area contributed by atoms with Crippen LogP contribution in [-0.2, 0) is 4.74 Å². The summed E-state index contributed by atoms with van der Waals surface area (Å²) < 4.78 is 6.39. The van der Waals surface area contributed by atoms with Crippen LogP contribution in [0.5, 0.6) is 0 Å². The quantitative estimate of drug-likeness (QED) is 0.893. The molecule has 2 rings (SSSR count). The number of anilines is 2. The average molecular weight is 301 g/mol. The molecule has 0 bridgehead atoms. The molecule has 0 amide bonds. The highest BCUT2D eigenvalue weighted by Gasteiger charge is 2.25. The Balaban J connectivity index is 2.12. The Labute approximate surface area is 110 Å². The molecule has 2 N–H and O–H groups in total. The van der Waals surface area contributed by atoms with E-state index in [-0.39, 0.29) is 6.10 Å². The minimum absolute atomic E-state index is 0.222. The van der Waals surface area contributed by atoms with Crippen LogP contribution >= 0.6 is 15.9 Å². The second-order valence-electron chi connectivity index (χ2n) is 4.03. The van der Waals surface area contributed by atoms with Crippen LogP contribution in [0.3, 0.4) is 0 Å². The smallest absolute Gasteiger partial charge is 0.146 e. The summed E-state index contributed by atoms with van der Waals surface area (Å²) in [6.45, 7) is 5.75. The zero-order chi connectivity index (χ0) is 12.3. The summed E-state index contributed by atoms with van der Waals surface area (Å²) in [6.07, 6.45) is 2.79. The van der Waals surface area contributed by atoms with Crippen molar-refractivity contribution in [3.8, 4) is 0 Å². The van der Waals surface area contributed by atoms with E-state index in [0.29, 0.717) is 6.04 Å². The predicted molar refractivity (Wildman–Crippen MR) is 71.3 cm³/mol. The molecular weight excluding hydrogens is 284 g/mol. The summed E-state index contributed by atoms with van der Waals surface area (Å²) >= 11 is 3.52. The van der Waals surface area contributed by atoms with E-state index in [9.17, 15) is 0 Å². The first-order valence-electron chi connectivity index (χ1n) is 5.85. The molecule has 1 saturated heterocycles. The van der Waals surface area contributed by atoms with Gasteiger partial charge < -0.3 is 15.4 Å². The monoisotopic (exact) mass is 300 g/mol. The van der Waals surface area contributed by atoms with Gasteiger partial charge in [0.15, 0.2) is 0 Å². The van der Waals surface area contributed by atoms with Crippen molar-refractivity contribution >= 4 is 27.6 Å². The summed E-state index contributed by atoms with van der Waals surface area (Å²) in [6, 6.07) is 0.315. The number of rotatable bonds is 4. The van der Waals surface area contributed by atoms with Crippen molar-refractivity contribution in [2.75, 3.05) is 23.8 Å². The van der Waals surface area contributed by atoms with Gasteiger partial charge >= 0.3 is 0 Å². The first-order valence-corrected chi connectivity index (χ1v) is 6.64. The summed E-state index contributed by atoms with van der Waals surface area (Å²) in [5, 5.41) is 6.58. The van der Waals surface area contributed by atoms with Crippen LogP contribution in [0.15, 0.2) is 10.8 Å². The number of ether oxygens (including phenoxy) is 1. The third-order valence-corrected chi connectivity index (χ3v) is 3.58. The van der Waals surface area contributed by atoms with Crippen molar-refractivity contribution in [2.24, 2.45) is 0 Å². The van der Waals surface area contributed by atoms with Crippen molar-refractivity contribution < 1.29 is 4.74 Å². The normalized spacial score (nSPS) is 23.7. The van der Waals surface area contributed by atoms with Crippen LogP contribution in [-0.4, -0.2) is 35.3 Å². The maximum atomic E-state index is 5.52. The van der Waals surface area contributed by atoms with Crippen LogP contribution in [0.4, 0.5) is 11.6 Å². The van der Waals surface area contributed by atoms with Crippen molar-refractivity contribution in [1.82, 2.24) is 9.97 Å². The van der Waals surface area contributed by atoms with Crippen LogP contribution in [0.1, 0.15) is 20.3 Å². The Morgan fingerprint density at radius 2 is 2.24 bits per heavy atom. The van der Waals surface area contributed by atoms with E-state index in [1.54, 1.807) is 6.33 Å². The van der Waals surface area contributed by atoms with E-state index in [1.165, 1.54) is 0 Å². The molecule has 2 unspecified atom stereocenters. The molecule has 2 heterocycles. The summed E-state index contributed by atoms with van der Waals surface area (Å²) in [5.74, 6) is 1.63. The van der Waals surface area contributed by atoms with E-state index in [2.05, 4.69) is 43.5 Å². The minimum Gasteiger partial charge on any atom is -0.376 e. The summed E-state index contributed by atoms with van der Waals surface area (Å²) in [5.41, 5.74) is 0. The molecule has 0 aromatic carbocycles. The molecule has 5 nitrogen and oxygen atoms in total. The van der Waals surface area contributed by atoms with Crippen LogP contribution in [0.25, 0.3) is 0 Å². The molecule has 0 spiro atoms. The third kappa shape index (κ3) is 2.87. The lowest BCUT2D eigenvalue weighted by Gasteiger charge is -2.18. The molecule has 1 fully saturated rings. The fourth-order valence-corrected chi connectivity index (χ4v) is 2.32. The molecule has 0 aliphatic carbocycles. The van der Waals surface area contributed by atoms with Gasteiger partial charge in [-0.1, -0.05) is 0 Å². The van der Waals surface area contributed by atoms with E-state index in [4.69, 9.17) is 4.74 Å².